The predicted octanol–water partition coefficient (Wildman–Crippen LogP) is 2.04. The van der Waals surface area contributed by atoms with Gasteiger partial charge in [0.05, 0.1) is 0 Å². The van der Waals surface area contributed by atoms with Gasteiger partial charge in [-0.15, -0.1) is 0 Å². The van der Waals surface area contributed by atoms with E-state index >= 15 is 0 Å². The Morgan fingerprint density at radius 3 is 2.75 bits per heavy atom. The molecule has 4 nitrogen and oxygen atoms in total. The second-order valence-corrected chi connectivity index (χ2v) is 5.56. The molecule has 3 atom stereocenters. The number of hydrogen-bond acceptors (Lipinski definition) is 3. The third kappa shape index (κ3) is 3.73. The number of aryl methyl sites for hydroxylation is 1. The van der Waals surface area contributed by atoms with Gasteiger partial charge in [0, 0.05) is 18.6 Å². The number of carbonyl (C=O) groups is 1. The number of aliphatic hydroxyl groups is 1. The van der Waals surface area contributed by atoms with E-state index in [-0.39, 0.29) is 24.5 Å². The van der Waals surface area contributed by atoms with E-state index in [1.165, 1.54) is 0 Å². The van der Waals surface area contributed by atoms with Gasteiger partial charge in [-0.2, -0.15) is 0 Å². The molecule has 0 spiro atoms. The topological polar surface area (TPSA) is 58.6 Å². The number of aliphatic hydroxyl groups excluding tert-OH is 1. The minimum atomic E-state index is -0.530. The van der Waals surface area contributed by atoms with Gasteiger partial charge in [-0.25, -0.2) is 0 Å². The van der Waals surface area contributed by atoms with Gasteiger partial charge >= 0.3 is 0 Å². The molecule has 4 heteroatoms. The van der Waals surface area contributed by atoms with Gasteiger partial charge in [0.1, 0.15) is 5.75 Å². The van der Waals surface area contributed by atoms with E-state index in [0.29, 0.717) is 5.75 Å². The Morgan fingerprint density at radius 2 is 2.10 bits per heavy atom. The lowest BCUT2D eigenvalue weighted by molar-refractivity contribution is -0.128. The first kappa shape index (κ1) is 14.9. The first-order valence-electron chi connectivity index (χ1n) is 7.24. The Balaban J connectivity index is 1.87. The van der Waals surface area contributed by atoms with Crippen LogP contribution in [0.25, 0.3) is 0 Å². The smallest absolute Gasteiger partial charge is 0.261 e. The Morgan fingerprint density at radius 1 is 1.40 bits per heavy atom. The van der Waals surface area contributed by atoms with Gasteiger partial charge in [0.25, 0.3) is 5.91 Å². The maximum atomic E-state index is 12.1. The molecular formula is C16H23NO3. The summed E-state index contributed by atoms with van der Waals surface area (Å²) >= 11 is 0. The van der Waals surface area contributed by atoms with Crippen LogP contribution in [0.1, 0.15) is 31.7 Å². The molecule has 0 bridgehead atoms. The molecular weight excluding hydrogens is 254 g/mol. The molecule has 1 saturated carbocycles. The van der Waals surface area contributed by atoms with Crippen molar-refractivity contribution in [3.63, 3.8) is 0 Å². The van der Waals surface area contributed by atoms with Gasteiger partial charge in [0.2, 0.25) is 0 Å². The molecule has 0 radical (unpaired) electrons. The predicted molar refractivity (Wildman–Crippen MR) is 77.6 cm³/mol. The van der Waals surface area contributed by atoms with E-state index in [1.807, 2.05) is 31.2 Å². The highest BCUT2D eigenvalue weighted by atomic mass is 16.5. The molecule has 1 fully saturated rings. The first-order valence-corrected chi connectivity index (χ1v) is 7.24. The van der Waals surface area contributed by atoms with Crippen LogP contribution in [0.15, 0.2) is 24.3 Å². The van der Waals surface area contributed by atoms with Crippen molar-refractivity contribution >= 4 is 5.91 Å². The second kappa shape index (κ2) is 6.75. The van der Waals surface area contributed by atoms with Crippen LogP contribution in [0.5, 0.6) is 5.75 Å². The largest absolute Gasteiger partial charge is 0.481 e. The van der Waals surface area contributed by atoms with Crippen molar-refractivity contribution < 1.29 is 14.6 Å². The Hall–Kier alpha value is -1.55. The number of rotatable bonds is 5. The number of carbonyl (C=O) groups excluding carboxylic acids is 1. The second-order valence-electron chi connectivity index (χ2n) is 5.56. The Labute approximate surface area is 120 Å². The molecule has 20 heavy (non-hydrogen) atoms. The zero-order valence-electron chi connectivity index (χ0n) is 12.1. The molecule has 1 aromatic rings. The van der Waals surface area contributed by atoms with Crippen LogP contribution in [-0.2, 0) is 4.79 Å². The number of amides is 1. The lowest BCUT2D eigenvalue weighted by Gasteiger charge is -2.22. The van der Waals surface area contributed by atoms with Crippen LogP contribution in [0.3, 0.4) is 0 Å². The molecule has 1 aliphatic carbocycles. The standard InChI is InChI=1S/C16H23NO3/c1-11-6-8-14(9-7-11)20-12(2)16(19)17-15-5-3-4-13(15)10-18/h6-9,12-13,15,18H,3-5,10H2,1-2H3,(H,17,19). The summed E-state index contributed by atoms with van der Waals surface area (Å²) in [7, 11) is 0. The third-order valence-electron chi connectivity index (χ3n) is 3.92. The van der Waals surface area contributed by atoms with Crippen molar-refractivity contribution in [3.05, 3.63) is 29.8 Å². The molecule has 1 amide bonds. The fraction of sp³-hybridized carbons (Fsp3) is 0.562. The van der Waals surface area contributed by atoms with E-state index in [9.17, 15) is 9.90 Å². The van der Waals surface area contributed by atoms with Gasteiger partial charge in [-0.05, 0) is 38.8 Å². The van der Waals surface area contributed by atoms with Crippen molar-refractivity contribution in [2.75, 3.05) is 6.61 Å². The highest BCUT2D eigenvalue weighted by Crippen LogP contribution is 2.25. The molecule has 1 aromatic carbocycles. The van der Waals surface area contributed by atoms with Gasteiger partial charge in [-0.3, -0.25) is 4.79 Å². The average molecular weight is 277 g/mol. The molecule has 110 valence electrons. The summed E-state index contributed by atoms with van der Waals surface area (Å²) in [5.74, 6) is 0.768. The number of ether oxygens (including phenoxy) is 1. The quantitative estimate of drug-likeness (QED) is 0.866. The number of benzene rings is 1. The van der Waals surface area contributed by atoms with Crippen LogP contribution in [0.4, 0.5) is 0 Å². The fourth-order valence-corrected chi connectivity index (χ4v) is 2.62. The van der Waals surface area contributed by atoms with Crippen LogP contribution in [0.2, 0.25) is 0 Å². The van der Waals surface area contributed by atoms with Crippen molar-refractivity contribution in [1.82, 2.24) is 5.32 Å². The maximum Gasteiger partial charge on any atom is 0.261 e. The maximum absolute atomic E-state index is 12.1. The van der Waals surface area contributed by atoms with Crippen molar-refractivity contribution in [2.45, 2.75) is 45.3 Å². The molecule has 1 aliphatic rings. The summed E-state index contributed by atoms with van der Waals surface area (Å²) in [6.07, 6.45) is 2.45. The van der Waals surface area contributed by atoms with E-state index in [2.05, 4.69) is 5.32 Å². The first-order chi connectivity index (χ1) is 9.60. The average Bonchev–Trinajstić information content (AvgIpc) is 2.88. The molecule has 2 N–H and O–H groups in total. The van der Waals surface area contributed by atoms with Gasteiger partial charge in [0.15, 0.2) is 6.10 Å². The molecule has 0 aliphatic heterocycles. The summed E-state index contributed by atoms with van der Waals surface area (Å²) in [6, 6.07) is 7.73. The summed E-state index contributed by atoms with van der Waals surface area (Å²) < 4.78 is 5.64. The monoisotopic (exact) mass is 277 g/mol. The van der Waals surface area contributed by atoms with E-state index in [1.54, 1.807) is 6.92 Å². The molecule has 3 unspecified atom stereocenters. The number of hydrogen-bond donors (Lipinski definition) is 2. The molecule has 0 aromatic heterocycles. The summed E-state index contributed by atoms with van der Waals surface area (Å²) in [4.78, 5) is 12.1. The molecule has 2 rings (SSSR count). The minimum absolute atomic E-state index is 0.0802. The minimum Gasteiger partial charge on any atom is -0.481 e. The molecule has 0 heterocycles. The van der Waals surface area contributed by atoms with Gasteiger partial charge < -0.3 is 15.2 Å². The van der Waals surface area contributed by atoms with E-state index in [0.717, 1.165) is 24.8 Å². The van der Waals surface area contributed by atoms with E-state index in [4.69, 9.17) is 4.74 Å². The highest BCUT2D eigenvalue weighted by molar-refractivity contribution is 5.81. The Kier molecular flexibility index (Phi) is 5.01. The zero-order chi connectivity index (χ0) is 14.5. The normalized spacial score (nSPS) is 23.4. The lowest BCUT2D eigenvalue weighted by Crippen LogP contribution is -2.44. The van der Waals surface area contributed by atoms with Crippen molar-refractivity contribution in [3.8, 4) is 5.75 Å². The van der Waals surface area contributed by atoms with Crippen molar-refractivity contribution in [2.24, 2.45) is 5.92 Å². The van der Waals surface area contributed by atoms with Crippen molar-refractivity contribution in [1.29, 1.82) is 0 Å². The highest BCUT2D eigenvalue weighted by Gasteiger charge is 2.29. The molecule has 0 saturated heterocycles. The van der Waals surface area contributed by atoms with Crippen LogP contribution in [-0.4, -0.2) is 29.8 Å². The SMILES string of the molecule is Cc1ccc(OC(C)C(=O)NC2CCCC2CO)cc1. The fourth-order valence-electron chi connectivity index (χ4n) is 2.62. The van der Waals surface area contributed by atoms with Gasteiger partial charge in [-0.1, -0.05) is 24.1 Å². The zero-order valence-corrected chi connectivity index (χ0v) is 12.1. The summed E-state index contributed by atoms with van der Waals surface area (Å²) in [6.45, 7) is 3.89. The number of nitrogens with one attached hydrogen (secondary N) is 1. The van der Waals surface area contributed by atoms with Crippen LogP contribution in [0, 0.1) is 12.8 Å². The van der Waals surface area contributed by atoms with Crippen LogP contribution >= 0.6 is 0 Å². The Bertz CT molecular complexity index is 444. The van der Waals surface area contributed by atoms with Crippen LogP contribution < -0.4 is 10.1 Å². The summed E-state index contributed by atoms with van der Waals surface area (Å²) in [5, 5.41) is 12.3. The summed E-state index contributed by atoms with van der Waals surface area (Å²) in [5.41, 5.74) is 1.16. The van der Waals surface area contributed by atoms with E-state index < -0.39 is 6.10 Å². The lowest BCUT2D eigenvalue weighted by atomic mass is 10.0. The third-order valence-corrected chi connectivity index (χ3v) is 3.92.